The summed E-state index contributed by atoms with van der Waals surface area (Å²) < 4.78 is 9.43. The molecule has 0 saturated heterocycles. The first-order valence-electron chi connectivity index (χ1n) is 9.97. The van der Waals surface area contributed by atoms with Gasteiger partial charge in [-0.25, -0.2) is 9.59 Å². The Morgan fingerprint density at radius 2 is 1.39 bits per heavy atom. The highest BCUT2D eigenvalue weighted by Gasteiger charge is 2.26. The number of carbonyl (C=O) groups excluding carboxylic acids is 4. The first kappa shape index (κ1) is 23.2. The molecule has 0 aliphatic carbocycles. The molecule has 0 aromatic heterocycles. The van der Waals surface area contributed by atoms with Crippen molar-refractivity contribution in [2.75, 3.05) is 24.4 Å². The maximum absolute atomic E-state index is 13.2. The highest BCUT2D eigenvalue weighted by molar-refractivity contribution is 6.44. The van der Waals surface area contributed by atoms with Crippen LogP contribution >= 0.6 is 0 Å². The molecular formula is C25H22N2O6. The lowest BCUT2D eigenvalue weighted by atomic mass is 10.1. The Balaban J connectivity index is 1.93. The monoisotopic (exact) mass is 446 g/mol. The summed E-state index contributed by atoms with van der Waals surface area (Å²) in [5.41, 5.74) is 1.39. The second-order valence-corrected chi connectivity index (χ2v) is 6.91. The molecule has 0 fully saturated rings. The molecule has 0 aliphatic heterocycles. The Kier molecular flexibility index (Phi) is 7.54. The Labute approximate surface area is 190 Å². The van der Waals surface area contributed by atoms with Crippen LogP contribution in [-0.2, 0) is 25.6 Å². The first-order valence-corrected chi connectivity index (χ1v) is 9.97. The molecular weight excluding hydrogens is 424 g/mol. The summed E-state index contributed by atoms with van der Waals surface area (Å²) in [6, 6.07) is 21.9. The van der Waals surface area contributed by atoms with Gasteiger partial charge in [0.25, 0.3) is 0 Å². The zero-order chi connectivity index (χ0) is 23.8. The number of hydrogen-bond acceptors (Lipinski definition) is 6. The summed E-state index contributed by atoms with van der Waals surface area (Å²) in [5.74, 6) is -3.23. The molecule has 3 aromatic rings. The standard InChI is InChI=1S/C25H22N2O6/c1-32-24(30)18-13-14-20(25(31)33-2)21(15-18)26-22(28)23(29)27(19-11-7-4-8-12-19)16-17-9-5-3-6-10-17/h3-15H,16H2,1-2H3,(H,26,28). The van der Waals surface area contributed by atoms with E-state index in [-0.39, 0.29) is 23.4 Å². The van der Waals surface area contributed by atoms with Crippen molar-refractivity contribution in [1.29, 1.82) is 0 Å². The van der Waals surface area contributed by atoms with E-state index >= 15 is 0 Å². The summed E-state index contributed by atoms with van der Waals surface area (Å²) in [7, 11) is 2.39. The van der Waals surface area contributed by atoms with Crippen LogP contribution in [0.1, 0.15) is 26.3 Å². The predicted molar refractivity (Wildman–Crippen MR) is 122 cm³/mol. The van der Waals surface area contributed by atoms with Crippen LogP contribution in [-0.4, -0.2) is 38.0 Å². The minimum atomic E-state index is -0.984. The predicted octanol–water partition coefficient (Wildman–Crippen LogP) is 3.43. The second-order valence-electron chi connectivity index (χ2n) is 6.91. The van der Waals surface area contributed by atoms with Crippen LogP contribution in [0.25, 0.3) is 0 Å². The van der Waals surface area contributed by atoms with E-state index in [1.807, 2.05) is 30.3 Å². The van der Waals surface area contributed by atoms with E-state index in [4.69, 9.17) is 4.74 Å². The van der Waals surface area contributed by atoms with E-state index in [2.05, 4.69) is 10.1 Å². The third-order valence-corrected chi connectivity index (χ3v) is 4.78. The number of anilines is 2. The summed E-state index contributed by atoms with van der Waals surface area (Å²) in [6.45, 7) is 0.156. The summed E-state index contributed by atoms with van der Waals surface area (Å²) in [5, 5.41) is 2.44. The topological polar surface area (TPSA) is 102 Å². The number of nitrogens with zero attached hydrogens (tertiary/aromatic N) is 1. The van der Waals surface area contributed by atoms with Gasteiger partial charge in [0, 0.05) is 5.69 Å². The van der Waals surface area contributed by atoms with Gasteiger partial charge in [-0.3, -0.25) is 14.5 Å². The Morgan fingerprint density at radius 3 is 2.00 bits per heavy atom. The van der Waals surface area contributed by atoms with Crippen molar-refractivity contribution >= 4 is 35.1 Å². The van der Waals surface area contributed by atoms with E-state index in [1.165, 1.54) is 37.3 Å². The van der Waals surface area contributed by atoms with E-state index in [0.29, 0.717) is 5.69 Å². The maximum atomic E-state index is 13.2. The van der Waals surface area contributed by atoms with E-state index in [1.54, 1.807) is 30.3 Å². The van der Waals surface area contributed by atoms with Crippen molar-refractivity contribution in [3.8, 4) is 0 Å². The van der Waals surface area contributed by atoms with Crippen LogP contribution in [0.4, 0.5) is 11.4 Å². The quantitative estimate of drug-likeness (QED) is 0.460. The Morgan fingerprint density at radius 1 is 0.788 bits per heavy atom. The molecule has 0 aliphatic rings. The van der Waals surface area contributed by atoms with Gasteiger partial charge in [0.2, 0.25) is 0 Å². The number of nitrogens with one attached hydrogen (secondary N) is 1. The molecule has 8 nitrogen and oxygen atoms in total. The molecule has 2 amide bonds. The summed E-state index contributed by atoms with van der Waals surface area (Å²) >= 11 is 0. The molecule has 0 heterocycles. The molecule has 0 radical (unpaired) electrons. The van der Waals surface area contributed by atoms with Gasteiger partial charge >= 0.3 is 23.8 Å². The fraction of sp³-hybridized carbons (Fsp3) is 0.120. The first-order chi connectivity index (χ1) is 15.9. The molecule has 33 heavy (non-hydrogen) atoms. The van der Waals surface area contributed by atoms with Gasteiger partial charge in [0.1, 0.15) is 0 Å². The highest BCUT2D eigenvalue weighted by Crippen LogP contribution is 2.22. The zero-order valence-electron chi connectivity index (χ0n) is 18.1. The number of amides is 2. The molecule has 0 unspecified atom stereocenters. The molecule has 0 bridgehead atoms. The van der Waals surface area contributed by atoms with Crippen molar-refractivity contribution in [3.63, 3.8) is 0 Å². The lowest BCUT2D eigenvalue weighted by Gasteiger charge is -2.22. The number of esters is 2. The SMILES string of the molecule is COC(=O)c1ccc(C(=O)OC)c(NC(=O)C(=O)N(Cc2ccccc2)c2ccccc2)c1. The van der Waals surface area contributed by atoms with Gasteiger partial charge in [0.05, 0.1) is 37.6 Å². The molecule has 3 rings (SSSR count). The molecule has 3 aromatic carbocycles. The minimum absolute atomic E-state index is 0.0133. The van der Waals surface area contributed by atoms with Gasteiger partial charge in [-0.2, -0.15) is 0 Å². The van der Waals surface area contributed by atoms with E-state index in [0.717, 1.165) is 5.56 Å². The number of benzene rings is 3. The van der Waals surface area contributed by atoms with Crippen LogP contribution in [0, 0.1) is 0 Å². The minimum Gasteiger partial charge on any atom is -0.465 e. The van der Waals surface area contributed by atoms with E-state index in [9.17, 15) is 19.2 Å². The number of ether oxygens (including phenoxy) is 2. The molecule has 168 valence electrons. The van der Waals surface area contributed by atoms with Crippen LogP contribution in [0.15, 0.2) is 78.9 Å². The smallest absolute Gasteiger partial charge is 0.339 e. The summed E-state index contributed by atoms with van der Waals surface area (Å²) in [4.78, 5) is 51.5. The van der Waals surface area contributed by atoms with Crippen LogP contribution < -0.4 is 10.2 Å². The lowest BCUT2D eigenvalue weighted by Crippen LogP contribution is -2.39. The second kappa shape index (κ2) is 10.7. The number of methoxy groups -OCH3 is 2. The van der Waals surface area contributed by atoms with Gasteiger partial charge in [-0.1, -0.05) is 48.5 Å². The van der Waals surface area contributed by atoms with Crippen LogP contribution in [0.5, 0.6) is 0 Å². The summed E-state index contributed by atoms with van der Waals surface area (Å²) in [6.07, 6.45) is 0. The number of hydrogen-bond donors (Lipinski definition) is 1. The van der Waals surface area contributed by atoms with Crippen LogP contribution in [0.2, 0.25) is 0 Å². The molecule has 8 heteroatoms. The van der Waals surface area contributed by atoms with Crippen molar-refractivity contribution in [2.24, 2.45) is 0 Å². The normalized spacial score (nSPS) is 10.1. The van der Waals surface area contributed by atoms with Gasteiger partial charge in [0.15, 0.2) is 0 Å². The third kappa shape index (κ3) is 5.62. The fourth-order valence-corrected chi connectivity index (χ4v) is 3.13. The van der Waals surface area contributed by atoms with Crippen molar-refractivity contribution in [2.45, 2.75) is 6.54 Å². The van der Waals surface area contributed by atoms with E-state index < -0.39 is 23.8 Å². The number of para-hydroxylation sites is 1. The number of rotatable bonds is 6. The van der Waals surface area contributed by atoms with Crippen molar-refractivity contribution in [3.05, 3.63) is 95.6 Å². The average Bonchev–Trinajstić information content (AvgIpc) is 2.87. The van der Waals surface area contributed by atoms with Crippen LogP contribution in [0.3, 0.4) is 0 Å². The molecule has 0 spiro atoms. The molecule has 1 N–H and O–H groups in total. The molecule has 0 saturated carbocycles. The zero-order valence-corrected chi connectivity index (χ0v) is 18.1. The maximum Gasteiger partial charge on any atom is 0.339 e. The Bertz CT molecular complexity index is 1160. The lowest BCUT2D eigenvalue weighted by molar-refractivity contribution is -0.134. The van der Waals surface area contributed by atoms with Gasteiger partial charge < -0.3 is 14.8 Å². The van der Waals surface area contributed by atoms with Gasteiger partial charge in [-0.05, 0) is 35.9 Å². The fourth-order valence-electron chi connectivity index (χ4n) is 3.13. The molecule has 0 atom stereocenters. The third-order valence-electron chi connectivity index (χ3n) is 4.78. The average molecular weight is 446 g/mol. The Hall–Kier alpha value is -4.46. The van der Waals surface area contributed by atoms with Crippen molar-refractivity contribution < 1.29 is 28.7 Å². The van der Waals surface area contributed by atoms with Gasteiger partial charge in [-0.15, -0.1) is 0 Å². The highest BCUT2D eigenvalue weighted by atomic mass is 16.5. The number of carbonyl (C=O) groups is 4. The van der Waals surface area contributed by atoms with Crippen molar-refractivity contribution in [1.82, 2.24) is 0 Å². The largest absolute Gasteiger partial charge is 0.465 e.